The van der Waals surface area contributed by atoms with Crippen molar-refractivity contribution in [2.75, 3.05) is 19.5 Å². The van der Waals surface area contributed by atoms with Gasteiger partial charge in [-0.15, -0.1) is 0 Å². The first-order valence-electron chi connectivity index (χ1n) is 7.42. The van der Waals surface area contributed by atoms with Crippen LogP contribution in [-0.4, -0.2) is 40.5 Å². The number of methoxy groups -OCH3 is 1. The van der Waals surface area contributed by atoms with Crippen LogP contribution in [0, 0.1) is 0 Å². The lowest BCUT2D eigenvalue weighted by atomic mass is 10.1. The molecule has 7 heteroatoms. The first-order chi connectivity index (χ1) is 11.1. The zero-order valence-corrected chi connectivity index (χ0v) is 13.2. The van der Waals surface area contributed by atoms with Crippen molar-refractivity contribution in [3.8, 4) is 0 Å². The Morgan fingerprint density at radius 2 is 2.17 bits per heavy atom. The highest BCUT2D eigenvalue weighted by Crippen LogP contribution is 2.25. The van der Waals surface area contributed by atoms with Crippen LogP contribution in [0.25, 0.3) is 10.9 Å². The number of aliphatic hydroxyl groups is 1. The van der Waals surface area contributed by atoms with Crippen LogP contribution in [0.4, 0.5) is 11.8 Å². The molecule has 0 bridgehead atoms. The normalized spacial score (nSPS) is 11.7. The number of aliphatic imine (C=N–C) groups is 1. The fourth-order valence-electron chi connectivity index (χ4n) is 2.16. The third kappa shape index (κ3) is 4.01. The molecule has 3 N–H and O–H groups in total. The van der Waals surface area contributed by atoms with E-state index in [0.717, 1.165) is 12.8 Å². The number of aliphatic hydroxyl groups excluding tert-OH is 1. The topological polar surface area (TPSA) is 111 Å². The standard InChI is InChI=1S/C16H20N4O3/c1-3-4-5-11(9-21)18-14-12-7-6-10(15(22)23-2)8-13(12)19-16(17)20-14/h6-8,21H,3-5,9H2,1-2H3,(H2,17,19,20)/b18-11+. The van der Waals surface area contributed by atoms with Crippen molar-refractivity contribution in [1.82, 2.24) is 9.97 Å². The number of hydrogen-bond acceptors (Lipinski definition) is 7. The molecule has 1 heterocycles. The van der Waals surface area contributed by atoms with Gasteiger partial charge in [0.15, 0.2) is 5.82 Å². The number of fused-ring (bicyclic) bond motifs is 1. The van der Waals surface area contributed by atoms with Gasteiger partial charge in [-0.25, -0.2) is 14.8 Å². The summed E-state index contributed by atoms with van der Waals surface area (Å²) < 4.78 is 4.70. The SMILES string of the molecule is CCCC/C(CO)=N\c1nc(N)nc2cc(C(=O)OC)ccc12. The number of esters is 1. The fraction of sp³-hybridized carbons (Fsp3) is 0.375. The van der Waals surface area contributed by atoms with Gasteiger partial charge >= 0.3 is 5.97 Å². The van der Waals surface area contributed by atoms with E-state index in [1.54, 1.807) is 18.2 Å². The average molecular weight is 316 g/mol. The summed E-state index contributed by atoms with van der Waals surface area (Å²) in [4.78, 5) is 24.3. The third-order valence-corrected chi connectivity index (χ3v) is 3.38. The van der Waals surface area contributed by atoms with E-state index < -0.39 is 5.97 Å². The van der Waals surface area contributed by atoms with E-state index in [0.29, 0.717) is 34.4 Å². The Hall–Kier alpha value is -2.54. The fourth-order valence-corrected chi connectivity index (χ4v) is 2.16. The van der Waals surface area contributed by atoms with Crippen molar-refractivity contribution in [2.24, 2.45) is 4.99 Å². The predicted molar refractivity (Wildman–Crippen MR) is 89.0 cm³/mol. The number of benzene rings is 1. The number of anilines is 1. The van der Waals surface area contributed by atoms with Crippen LogP contribution in [0.1, 0.15) is 36.5 Å². The lowest BCUT2D eigenvalue weighted by Gasteiger charge is -2.07. The molecule has 0 aliphatic rings. The number of aromatic nitrogens is 2. The summed E-state index contributed by atoms with van der Waals surface area (Å²) in [6, 6.07) is 4.91. The molecule has 23 heavy (non-hydrogen) atoms. The minimum Gasteiger partial charge on any atom is -0.465 e. The highest BCUT2D eigenvalue weighted by molar-refractivity contribution is 5.98. The van der Waals surface area contributed by atoms with Gasteiger partial charge in [0.05, 0.1) is 24.8 Å². The molecule has 1 aromatic carbocycles. The Morgan fingerprint density at radius 3 is 2.83 bits per heavy atom. The van der Waals surface area contributed by atoms with Crippen LogP contribution in [0.5, 0.6) is 0 Å². The van der Waals surface area contributed by atoms with Crippen molar-refractivity contribution in [2.45, 2.75) is 26.2 Å². The molecule has 0 unspecified atom stereocenters. The smallest absolute Gasteiger partial charge is 0.337 e. The number of unbranched alkanes of at least 4 members (excludes halogenated alkanes) is 1. The molecule has 0 atom stereocenters. The molecule has 0 radical (unpaired) electrons. The summed E-state index contributed by atoms with van der Waals surface area (Å²) in [5.41, 5.74) is 7.26. The molecular weight excluding hydrogens is 296 g/mol. The maximum Gasteiger partial charge on any atom is 0.337 e. The van der Waals surface area contributed by atoms with E-state index in [2.05, 4.69) is 21.9 Å². The van der Waals surface area contributed by atoms with Crippen LogP contribution in [-0.2, 0) is 4.74 Å². The number of carbonyl (C=O) groups is 1. The van der Waals surface area contributed by atoms with Gasteiger partial charge in [0.2, 0.25) is 5.95 Å². The lowest BCUT2D eigenvalue weighted by Crippen LogP contribution is -2.05. The van der Waals surface area contributed by atoms with Gasteiger partial charge in [-0.3, -0.25) is 0 Å². The van der Waals surface area contributed by atoms with E-state index >= 15 is 0 Å². The number of ether oxygens (including phenoxy) is 1. The molecule has 0 amide bonds. The molecule has 122 valence electrons. The lowest BCUT2D eigenvalue weighted by molar-refractivity contribution is 0.0601. The van der Waals surface area contributed by atoms with Crippen molar-refractivity contribution in [1.29, 1.82) is 0 Å². The van der Waals surface area contributed by atoms with Crippen LogP contribution in [0.2, 0.25) is 0 Å². The molecule has 0 fully saturated rings. The van der Waals surface area contributed by atoms with Gasteiger partial charge in [-0.1, -0.05) is 13.3 Å². The van der Waals surface area contributed by atoms with E-state index in [9.17, 15) is 9.90 Å². The molecule has 7 nitrogen and oxygen atoms in total. The van der Waals surface area contributed by atoms with Crippen LogP contribution >= 0.6 is 0 Å². The van der Waals surface area contributed by atoms with Crippen molar-refractivity contribution in [3.63, 3.8) is 0 Å². The van der Waals surface area contributed by atoms with Gasteiger partial charge in [0.1, 0.15) is 0 Å². The summed E-state index contributed by atoms with van der Waals surface area (Å²) in [5.74, 6) is 0.00300. The number of nitrogen functional groups attached to an aromatic ring is 1. The minimum atomic E-state index is -0.451. The molecule has 0 aliphatic heterocycles. The molecule has 1 aromatic heterocycles. The maximum atomic E-state index is 11.6. The molecule has 0 saturated carbocycles. The Balaban J connectivity index is 2.51. The highest BCUT2D eigenvalue weighted by atomic mass is 16.5. The molecule has 0 spiro atoms. The molecule has 2 aromatic rings. The first kappa shape index (κ1) is 16.8. The molecule has 2 rings (SSSR count). The number of rotatable bonds is 6. The molecule has 0 saturated heterocycles. The maximum absolute atomic E-state index is 11.6. The van der Waals surface area contributed by atoms with Crippen LogP contribution in [0.3, 0.4) is 0 Å². The summed E-state index contributed by atoms with van der Waals surface area (Å²) in [5, 5.41) is 10.1. The van der Waals surface area contributed by atoms with Gasteiger partial charge in [0, 0.05) is 11.1 Å². The number of nitrogens with two attached hydrogens (primary N) is 1. The third-order valence-electron chi connectivity index (χ3n) is 3.38. The summed E-state index contributed by atoms with van der Waals surface area (Å²) in [6.07, 6.45) is 2.64. The van der Waals surface area contributed by atoms with Gasteiger partial charge in [-0.05, 0) is 31.0 Å². The molecular formula is C16H20N4O3. The van der Waals surface area contributed by atoms with Gasteiger partial charge < -0.3 is 15.6 Å². The Bertz CT molecular complexity index is 743. The van der Waals surface area contributed by atoms with Crippen molar-refractivity contribution in [3.05, 3.63) is 23.8 Å². The molecule has 0 aliphatic carbocycles. The summed E-state index contributed by atoms with van der Waals surface area (Å²) in [7, 11) is 1.32. The second kappa shape index (κ2) is 7.64. The Labute approximate surface area is 134 Å². The zero-order chi connectivity index (χ0) is 16.8. The van der Waals surface area contributed by atoms with E-state index in [-0.39, 0.29) is 12.6 Å². The minimum absolute atomic E-state index is 0.0612. The number of nitrogens with zero attached hydrogens (tertiary/aromatic N) is 3. The Kier molecular flexibility index (Phi) is 5.59. The zero-order valence-electron chi connectivity index (χ0n) is 13.2. The van der Waals surface area contributed by atoms with E-state index in [4.69, 9.17) is 10.5 Å². The quantitative estimate of drug-likeness (QED) is 0.624. The average Bonchev–Trinajstić information content (AvgIpc) is 2.56. The van der Waals surface area contributed by atoms with Crippen molar-refractivity contribution >= 4 is 34.4 Å². The second-order valence-corrected chi connectivity index (χ2v) is 5.07. The number of carbonyl (C=O) groups excluding carboxylic acids is 1. The van der Waals surface area contributed by atoms with Gasteiger partial charge in [-0.2, -0.15) is 4.98 Å². The van der Waals surface area contributed by atoms with E-state index in [1.807, 2.05) is 0 Å². The second-order valence-electron chi connectivity index (χ2n) is 5.07. The van der Waals surface area contributed by atoms with E-state index in [1.165, 1.54) is 7.11 Å². The largest absolute Gasteiger partial charge is 0.465 e. The summed E-state index contributed by atoms with van der Waals surface area (Å²) >= 11 is 0. The first-order valence-corrected chi connectivity index (χ1v) is 7.42. The Morgan fingerprint density at radius 1 is 1.39 bits per heavy atom. The van der Waals surface area contributed by atoms with Gasteiger partial charge in [0.25, 0.3) is 0 Å². The van der Waals surface area contributed by atoms with Crippen LogP contribution in [0.15, 0.2) is 23.2 Å². The van der Waals surface area contributed by atoms with Crippen LogP contribution < -0.4 is 5.73 Å². The summed E-state index contributed by atoms with van der Waals surface area (Å²) in [6.45, 7) is 1.94. The monoisotopic (exact) mass is 316 g/mol. The van der Waals surface area contributed by atoms with Crippen molar-refractivity contribution < 1.29 is 14.6 Å². The number of hydrogen-bond donors (Lipinski definition) is 2. The predicted octanol–water partition coefficient (Wildman–Crippen LogP) is 2.25. The highest BCUT2D eigenvalue weighted by Gasteiger charge is 2.11.